The fourth-order valence-electron chi connectivity index (χ4n) is 3.37. The zero-order chi connectivity index (χ0) is 16.5. The molecule has 0 bridgehead atoms. The van der Waals surface area contributed by atoms with Crippen molar-refractivity contribution in [3.63, 3.8) is 0 Å². The summed E-state index contributed by atoms with van der Waals surface area (Å²) >= 11 is 6.02. The van der Waals surface area contributed by atoms with Crippen molar-refractivity contribution >= 4 is 21.6 Å². The molecular formula is C16H23ClN2O3S. The van der Waals surface area contributed by atoms with E-state index in [1.54, 1.807) is 0 Å². The summed E-state index contributed by atoms with van der Waals surface area (Å²) in [6.07, 6.45) is 3.19. The average molecular weight is 359 g/mol. The second-order valence-electron chi connectivity index (χ2n) is 6.79. The minimum absolute atomic E-state index is 0.0276. The summed E-state index contributed by atoms with van der Waals surface area (Å²) in [5.74, 6) is 0.275. The molecule has 0 saturated carbocycles. The molecule has 7 heteroatoms. The lowest BCUT2D eigenvalue weighted by Gasteiger charge is -2.53. The molecule has 2 saturated heterocycles. The Morgan fingerprint density at radius 2 is 2.22 bits per heavy atom. The minimum Gasteiger partial charge on any atom is -0.372 e. The number of nitrogens with one attached hydrogen (secondary N) is 1. The second-order valence-corrected chi connectivity index (χ2v) is 9.06. The molecule has 1 spiro atoms. The van der Waals surface area contributed by atoms with Crippen LogP contribution in [-0.2, 0) is 21.3 Å². The lowest BCUT2D eigenvalue weighted by atomic mass is 9.83. The molecule has 5 nitrogen and oxygen atoms in total. The molecule has 0 amide bonds. The average Bonchev–Trinajstić information content (AvgIpc) is 2.44. The largest absolute Gasteiger partial charge is 0.372 e. The third kappa shape index (κ3) is 4.67. The number of sulfonamides is 1. The van der Waals surface area contributed by atoms with Crippen molar-refractivity contribution in [1.82, 2.24) is 9.62 Å². The molecule has 23 heavy (non-hydrogen) atoms. The first kappa shape index (κ1) is 17.2. The molecule has 0 unspecified atom stereocenters. The van der Waals surface area contributed by atoms with Crippen LogP contribution in [-0.4, -0.2) is 51.4 Å². The van der Waals surface area contributed by atoms with Crippen molar-refractivity contribution < 1.29 is 13.2 Å². The molecule has 2 aliphatic heterocycles. The van der Waals surface area contributed by atoms with E-state index in [1.165, 1.54) is 11.8 Å². The zero-order valence-electron chi connectivity index (χ0n) is 13.3. The summed E-state index contributed by atoms with van der Waals surface area (Å²) in [7, 11) is -3.12. The number of nitrogens with zero attached hydrogens (tertiary/aromatic N) is 1. The lowest BCUT2D eigenvalue weighted by Crippen LogP contribution is -2.64. The van der Waals surface area contributed by atoms with Gasteiger partial charge in [0.15, 0.2) is 0 Å². The fourth-order valence-corrected chi connectivity index (χ4v) is 4.12. The Labute approximate surface area is 143 Å². The van der Waals surface area contributed by atoms with Crippen molar-refractivity contribution in [2.24, 2.45) is 5.92 Å². The Kier molecular flexibility index (Phi) is 4.99. The maximum Gasteiger partial charge on any atom is 0.208 e. The fraction of sp³-hybridized carbons (Fsp3) is 0.625. The minimum atomic E-state index is -3.12. The summed E-state index contributed by atoms with van der Waals surface area (Å²) < 4.78 is 30.9. The quantitative estimate of drug-likeness (QED) is 0.873. The molecule has 1 aromatic rings. The van der Waals surface area contributed by atoms with E-state index in [1.807, 2.05) is 18.2 Å². The number of halogens is 1. The molecule has 3 rings (SSSR count). The molecule has 2 heterocycles. The van der Waals surface area contributed by atoms with E-state index in [4.69, 9.17) is 16.3 Å². The summed E-state index contributed by atoms with van der Waals surface area (Å²) in [4.78, 5) is 2.36. The second kappa shape index (κ2) is 6.69. The van der Waals surface area contributed by atoms with Gasteiger partial charge in [0.2, 0.25) is 10.0 Å². The van der Waals surface area contributed by atoms with Crippen LogP contribution in [0.4, 0.5) is 0 Å². The summed E-state index contributed by atoms with van der Waals surface area (Å²) in [5.41, 5.74) is 1.19. The van der Waals surface area contributed by atoms with Gasteiger partial charge in [-0.1, -0.05) is 23.7 Å². The SMILES string of the molecule is CS(=O)(=O)NC[C@H]1CCC2(CN(Cc3cccc(Cl)c3)C2)OC1. The van der Waals surface area contributed by atoms with Crippen molar-refractivity contribution in [3.05, 3.63) is 34.9 Å². The highest BCUT2D eigenvalue weighted by atomic mass is 35.5. The molecule has 0 radical (unpaired) electrons. The maximum absolute atomic E-state index is 11.1. The number of likely N-dealkylation sites (tertiary alicyclic amines) is 1. The smallest absolute Gasteiger partial charge is 0.208 e. The first-order valence-electron chi connectivity index (χ1n) is 7.89. The van der Waals surface area contributed by atoms with E-state index in [0.29, 0.717) is 13.2 Å². The van der Waals surface area contributed by atoms with E-state index < -0.39 is 10.0 Å². The van der Waals surface area contributed by atoms with E-state index in [0.717, 1.165) is 37.5 Å². The Morgan fingerprint density at radius 3 is 2.83 bits per heavy atom. The van der Waals surface area contributed by atoms with E-state index in [-0.39, 0.29) is 11.5 Å². The normalized spacial score (nSPS) is 24.5. The van der Waals surface area contributed by atoms with Crippen LogP contribution in [0.2, 0.25) is 5.02 Å². The van der Waals surface area contributed by atoms with Crippen molar-refractivity contribution in [3.8, 4) is 0 Å². The predicted octanol–water partition coefficient (Wildman–Crippen LogP) is 1.87. The van der Waals surface area contributed by atoms with Crippen molar-refractivity contribution in [2.75, 3.05) is 32.5 Å². The third-order valence-corrected chi connectivity index (χ3v) is 5.51. The van der Waals surface area contributed by atoms with Crippen LogP contribution in [0.25, 0.3) is 0 Å². The van der Waals surface area contributed by atoms with Gasteiger partial charge in [0, 0.05) is 31.2 Å². The number of benzene rings is 1. The van der Waals surface area contributed by atoms with Crippen LogP contribution in [0, 0.1) is 5.92 Å². The molecule has 1 N–H and O–H groups in total. The van der Waals surface area contributed by atoms with Crippen LogP contribution < -0.4 is 4.72 Å². The van der Waals surface area contributed by atoms with Gasteiger partial charge in [0.25, 0.3) is 0 Å². The molecule has 0 aliphatic carbocycles. The molecular weight excluding hydrogens is 336 g/mol. The summed E-state index contributed by atoms with van der Waals surface area (Å²) in [6.45, 7) is 3.87. The van der Waals surface area contributed by atoms with E-state index in [9.17, 15) is 8.42 Å². The van der Waals surface area contributed by atoms with Crippen LogP contribution in [0.15, 0.2) is 24.3 Å². The molecule has 2 aliphatic rings. The summed E-state index contributed by atoms with van der Waals surface area (Å²) in [5, 5.41) is 0.771. The Morgan fingerprint density at radius 1 is 1.43 bits per heavy atom. The maximum atomic E-state index is 11.1. The van der Waals surface area contributed by atoms with E-state index in [2.05, 4.69) is 15.7 Å². The number of rotatable bonds is 5. The lowest BCUT2D eigenvalue weighted by molar-refractivity contribution is -0.181. The highest BCUT2D eigenvalue weighted by Gasteiger charge is 2.46. The van der Waals surface area contributed by atoms with Gasteiger partial charge in [-0.3, -0.25) is 4.90 Å². The molecule has 0 aromatic heterocycles. The van der Waals surface area contributed by atoms with Crippen LogP contribution >= 0.6 is 11.6 Å². The van der Waals surface area contributed by atoms with E-state index >= 15 is 0 Å². The van der Waals surface area contributed by atoms with Crippen LogP contribution in [0.1, 0.15) is 18.4 Å². The van der Waals surface area contributed by atoms with Gasteiger partial charge < -0.3 is 4.74 Å². The Hall–Kier alpha value is -0.660. The highest BCUT2D eigenvalue weighted by Crippen LogP contribution is 2.36. The standard InChI is InChI=1S/C16H23ClN2O3S/c1-23(20,21)18-8-14-5-6-16(22-10-14)11-19(12-16)9-13-3-2-4-15(17)7-13/h2-4,7,14,18H,5-6,8-12H2,1H3/t14-/m1/s1. The van der Waals surface area contributed by atoms with Gasteiger partial charge in [0.05, 0.1) is 18.5 Å². The van der Waals surface area contributed by atoms with Gasteiger partial charge in [-0.05, 0) is 36.5 Å². The van der Waals surface area contributed by atoms with Crippen LogP contribution in [0.3, 0.4) is 0 Å². The molecule has 2 fully saturated rings. The van der Waals surface area contributed by atoms with Crippen molar-refractivity contribution in [2.45, 2.75) is 25.0 Å². The first-order valence-corrected chi connectivity index (χ1v) is 10.2. The first-order chi connectivity index (χ1) is 10.8. The number of hydrogen-bond acceptors (Lipinski definition) is 4. The molecule has 1 aromatic carbocycles. The van der Waals surface area contributed by atoms with Gasteiger partial charge in [-0.2, -0.15) is 0 Å². The monoisotopic (exact) mass is 358 g/mol. The topological polar surface area (TPSA) is 58.6 Å². The number of ether oxygens (including phenoxy) is 1. The Bertz CT molecular complexity index is 649. The summed E-state index contributed by atoms with van der Waals surface area (Å²) in [6, 6.07) is 7.95. The highest BCUT2D eigenvalue weighted by molar-refractivity contribution is 7.88. The molecule has 128 valence electrons. The van der Waals surface area contributed by atoms with Crippen molar-refractivity contribution in [1.29, 1.82) is 0 Å². The van der Waals surface area contributed by atoms with Gasteiger partial charge in [-0.15, -0.1) is 0 Å². The van der Waals surface area contributed by atoms with Gasteiger partial charge in [0.1, 0.15) is 0 Å². The van der Waals surface area contributed by atoms with Crippen LogP contribution in [0.5, 0.6) is 0 Å². The molecule has 1 atom stereocenters. The zero-order valence-corrected chi connectivity index (χ0v) is 14.9. The van der Waals surface area contributed by atoms with Gasteiger partial charge >= 0.3 is 0 Å². The Balaban J connectivity index is 1.43. The third-order valence-electron chi connectivity index (χ3n) is 4.59. The predicted molar refractivity (Wildman–Crippen MR) is 91.0 cm³/mol. The van der Waals surface area contributed by atoms with Gasteiger partial charge in [-0.25, -0.2) is 13.1 Å². The number of hydrogen-bond donors (Lipinski definition) is 1.